The second-order valence-corrected chi connectivity index (χ2v) is 4.98. The van der Waals surface area contributed by atoms with Crippen LogP contribution in [0.1, 0.15) is 12.8 Å². The predicted molar refractivity (Wildman–Crippen MR) is 69.4 cm³/mol. The number of morpholine rings is 1. The van der Waals surface area contributed by atoms with Crippen molar-refractivity contribution < 1.29 is 14.3 Å². The Labute approximate surface area is 112 Å². The van der Waals surface area contributed by atoms with Gasteiger partial charge in [0, 0.05) is 25.7 Å². The van der Waals surface area contributed by atoms with Crippen molar-refractivity contribution in [3.05, 3.63) is 0 Å². The van der Waals surface area contributed by atoms with E-state index in [2.05, 4.69) is 10.6 Å². The van der Waals surface area contributed by atoms with E-state index in [4.69, 9.17) is 10.5 Å². The molecule has 2 fully saturated rings. The predicted octanol–water partition coefficient (Wildman–Crippen LogP) is -1.96. The first-order valence-electron chi connectivity index (χ1n) is 6.79. The van der Waals surface area contributed by atoms with Gasteiger partial charge in [0.15, 0.2) is 0 Å². The van der Waals surface area contributed by atoms with Crippen molar-refractivity contribution in [2.24, 2.45) is 5.73 Å². The SMILES string of the molecule is NCCNC(=O)CN1CCOCC1C(=O)NC1CC1. The zero-order valence-corrected chi connectivity index (χ0v) is 11.1. The standard InChI is InChI=1S/C12H22N4O3/c13-3-4-14-11(17)7-16-5-6-19-8-10(16)12(18)15-9-1-2-9/h9-10H,1-8,13H2,(H,14,17)(H,15,18). The van der Waals surface area contributed by atoms with Crippen LogP contribution < -0.4 is 16.4 Å². The molecule has 0 bridgehead atoms. The number of nitrogens with one attached hydrogen (secondary N) is 2. The second-order valence-electron chi connectivity index (χ2n) is 4.98. The van der Waals surface area contributed by atoms with E-state index in [-0.39, 0.29) is 24.4 Å². The van der Waals surface area contributed by atoms with Crippen LogP contribution in [-0.4, -0.2) is 68.2 Å². The van der Waals surface area contributed by atoms with Gasteiger partial charge in [-0.05, 0) is 12.8 Å². The van der Waals surface area contributed by atoms with E-state index in [1.807, 2.05) is 4.90 Å². The summed E-state index contributed by atoms with van der Waals surface area (Å²) in [7, 11) is 0. The van der Waals surface area contributed by atoms with Gasteiger partial charge in [-0.15, -0.1) is 0 Å². The summed E-state index contributed by atoms with van der Waals surface area (Å²) in [6.45, 7) is 2.59. The molecule has 7 nitrogen and oxygen atoms in total. The zero-order chi connectivity index (χ0) is 13.7. The molecule has 2 amide bonds. The van der Waals surface area contributed by atoms with Gasteiger partial charge in [0.2, 0.25) is 11.8 Å². The molecule has 19 heavy (non-hydrogen) atoms. The number of amides is 2. The van der Waals surface area contributed by atoms with Gasteiger partial charge in [0.1, 0.15) is 6.04 Å². The largest absolute Gasteiger partial charge is 0.378 e. The fourth-order valence-corrected chi connectivity index (χ4v) is 2.05. The average Bonchev–Trinajstić information content (AvgIpc) is 3.21. The fraction of sp³-hybridized carbons (Fsp3) is 0.833. The summed E-state index contributed by atoms with van der Waals surface area (Å²) in [5.41, 5.74) is 5.33. The Morgan fingerprint density at radius 1 is 1.37 bits per heavy atom. The molecule has 1 saturated carbocycles. The van der Waals surface area contributed by atoms with E-state index in [0.29, 0.717) is 38.9 Å². The first-order valence-corrected chi connectivity index (χ1v) is 6.79. The van der Waals surface area contributed by atoms with Gasteiger partial charge in [0.25, 0.3) is 0 Å². The monoisotopic (exact) mass is 270 g/mol. The van der Waals surface area contributed by atoms with Gasteiger partial charge < -0.3 is 21.1 Å². The number of hydrogen-bond acceptors (Lipinski definition) is 5. The van der Waals surface area contributed by atoms with Gasteiger partial charge in [-0.1, -0.05) is 0 Å². The summed E-state index contributed by atoms with van der Waals surface area (Å²) in [6, 6.07) is -0.0414. The smallest absolute Gasteiger partial charge is 0.239 e. The maximum atomic E-state index is 12.1. The summed E-state index contributed by atoms with van der Waals surface area (Å²) in [5.74, 6) is -0.134. The molecule has 108 valence electrons. The third kappa shape index (κ3) is 4.45. The number of ether oxygens (including phenoxy) is 1. The number of hydrogen-bond donors (Lipinski definition) is 3. The van der Waals surface area contributed by atoms with Crippen LogP contribution in [0.25, 0.3) is 0 Å². The Kier molecular flexibility index (Phi) is 5.12. The van der Waals surface area contributed by atoms with Crippen molar-refractivity contribution in [1.29, 1.82) is 0 Å². The number of nitrogens with two attached hydrogens (primary N) is 1. The van der Waals surface area contributed by atoms with Crippen LogP contribution in [0.4, 0.5) is 0 Å². The van der Waals surface area contributed by atoms with Gasteiger partial charge in [-0.2, -0.15) is 0 Å². The molecule has 1 atom stereocenters. The summed E-state index contributed by atoms with van der Waals surface area (Å²) >= 11 is 0. The van der Waals surface area contributed by atoms with E-state index in [1.54, 1.807) is 0 Å². The van der Waals surface area contributed by atoms with Gasteiger partial charge in [0.05, 0.1) is 19.8 Å². The maximum absolute atomic E-state index is 12.1. The molecular weight excluding hydrogens is 248 g/mol. The minimum absolute atomic E-state index is 0.0335. The van der Waals surface area contributed by atoms with Crippen LogP contribution in [0.3, 0.4) is 0 Å². The highest BCUT2D eigenvalue weighted by molar-refractivity contribution is 5.84. The van der Waals surface area contributed by atoms with Crippen molar-refractivity contribution >= 4 is 11.8 Å². The van der Waals surface area contributed by atoms with Crippen LogP contribution in [-0.2, 0) is 14.3 Å². The molecule has 1 heterocycles. The van der Waals surface area contributed by atoms with Crippen LogP contribution in [0, 0.1) is 0 Å². The molecule has 0 spiro atoms. The summed E-state index contributed by atoms with van der Waals surface area (Å²) in [6.07, 6.45) is 2.10. The summed E-state index contributed by atoms with van der Waals surface area (Å²) < 4.78 is 5.34. The lowest BCUT2D eigenvalue weighted by Crippen LogP contribution is -2.56. The Balaban J connectivity index is 1.83. The normalized spacial score (nSPS) is 23.9. The molecule has 2 rings (SSSR count). The lowest BCUT2D eigenvalue weighted by Gasteiger charge is -2.33. The van der Waals surface area contributed by atoms with E-state index >= 15 is 0 Å². The lowest BCUT2D eigenvalue weighted by atomic mass is 10.2. The fourth-order valence-electron chi connectivity index (χ4n) is 2.05. The quantitative estimate of drug-likeness (QED) is 0.521. The zero-order valence-electron chi connectivity index (χ0n) is 11.1. The number of nitrogens with zero attached hydrogens (tertiary/aromatic N) is 1. The minimum Gasteiger partial charge on any atom is -0.378 e. The molecule has 0 aromatic carbocycles. The molecule has 1 aliphatic carbocycles. The topological polar surface area (TPSA) is 96.7 Å². The van der Waals surface area contributed by atoms with E-state index in [1.165, 1.54) is 0 Å². The molecule has 1 saturated heterocycles. The van der Waals surface area contributed by atoms with E-state index < -0.39 is 0 Å². The molecule has 0 radical (unpaired) electrons. The van der Waals surface area contributed by atoms with E-state index in [0.717, 1.165) is 12.8 Å². The van der Waals surface area contributed by atoms with Crippen molar-refractivity contribution in [2.45, 2.75) is 24.9 Å². The van der Waals surface area contributed by atoms with Crippen LogP contribution in [0.2, 0.25) is 0 Å². The molecule has 4 N–H and O–H groups in total. The molecule has 0 aromatic rings. The molecule has 1 aliphatic heterocycles. The van der Waals surface area contributed by atoms with Crippen molar-refractivity contribution in [3.63, 3.8) is 0 Å². The van der Waals surface area contributed by atoms with Crippen LogP contribution >= 0.6 is 0 Å². The maximum Gasteiger partial charge on any atom is 0.239 e. The van der Waals surface area contributed by atoms with E-state index in [9.17, 15) is 9.59 Å². The lowest BCUT2D eigenvalue weighted by molar-refractivity contribution is -0.135. The highest BCUT2D eigenvalue weighted by atomic mass is 16.5. The van der Waals surface area contributed by atoms with Crippen LogP contribution in [0.15, 0.2) is 0 Å². The number of carbonyl (C=O) groups excluding carboxylic acids is 2. The second kappa shape index (κ2) is 6.83. The van der Waals surface area contributed by atoms with Crippen molar-refractivity contribution in [1.82, 2.24) is 15.5 Å². The Morgan fingerprint density at radius 3 is 2.84 bits per heavy atom. The minimum atomic E-state index is -0.363. The Hall–Kier alpha value is -1.18. The molecule has 0 aromatic heterocycles. The Morgan fingerprint density at radius 2 is 2.16 bits per heavy atom. The number of rotatable bonds is 6. The molecule has 2 aliphatic rings. The first kappa shape index (κ1) is 14.2. The first-order chi connectivity index (χ1) is 9.20. The Bertz CT molecular complexity index is 333. The van der Waals surface area contributed by atoms with Crippen molar-refractivity contribution in [2.75, 3.05) is 39.4 Å². The highest BCUT2D eigenvalue weighted by Gasteiger charge is 2.33. The number of carbonyl (C=O) groups is 2. The third-order valence-electron chi connectivity index (χ3n) is 3.28. The summed E-state index contributed by atoms with van der Waals surface area (Å²) in [4.78, 5) is 25.6. The van der Waals surface area contributed by atoms with Crippen molar-refractivity contribution in [3.8, 4) is 0 Å². The summed E-state index contributed by atoms with van der Waals surface area (Å²) in [5, 5.41) is 5.67. The highest BCUT2D eigenvalue weighted by Crippen LogP contribution is 2.19. The van der Waals surface area contributed by atoms with Crippen LogP contribution in [0.5, 0.6) is 0 Å². The van der Waals surface area contributed by atoms with Gasteiger partial charge >= 0.3 is 0 Å². The third-order valence-corrected chi connectivity index (χ3v) is 3.28. The molecule has 7 heteroatoms. The molecule has 1 unspecified atom stereocenters. The molecular formula is C12H22N4O3. The van der Waals surface area contributed by atoms with Gasteiger partial charge in [-0.3, -0.25) is 14.5 Å². The average molecular weight is 270 g/mol. The van der Waals surface area contributed by atoms with Gasteiger partial charge in [-0.25, -0.2) is 0 Å².